The highest BCUT2D eigenvalue weighted by Gasteiger charge is 2.21. The van der Waals surface area contributed by atoms with E-state index in [4.69, 9.17) is 4.74 Å². The van der Waals surface area contributed by atoms with E-state index in [-0.39, 0.29) is 5.91 Å². The second-order valence-electron chi connectivity index (χ2n) is 7.51. The lowest BCUT2D eigenvalue weighted by Gasteiger charge is -2.31. The van der Waals surface area contributed by atoms with E-state index in [1.807, 2.05) is 24.3 Å². The van der Waals surface area contributed by atoms with Crippen LogP contribution in [0.15, 0.2) is 36.5 Å². The monoisotopic (exact) mass is 381 g/mol. The van der Waals surface area contributed by atoms with Crippen LogP contribution in [0.4, 0.5) is 17.3 Å². The van der Waals surface area contributed by atoms with Crippen LogP contribution in [0.25, 0.3) is 0 Å². The van der Waals surface area contributed by atoms with Crippen LogP contribution in [0.2, 0.25) is 0 Å². The van der Waals surface area contributed by atoms with Crippen molar-refractivity contribution in [3.63, 3.8) is 0 Å². The van der Waals surface area contributed by atoms with Crippen molar-refractivity contribution in [2.45, 2.75) is 19.8 Å². The standard InChI is InChI=1S/C21H27N5O2/c1-16-5-4-10-26(15-16)21-22-9-8-18(24-21)20(27)23-17-6-2-3-7-19(17)25-11-13-28-14-12-25/h2-3,6-9,16H,4-5,10-15H2,1H3,(H,23,27). The molecule has 1 aromatic carbocycles. The zero-order valence-corrected chi connectivity index (χ0v) is 16.3. The van der Waals surface area contributed by atoms with Gasteiger partial charge in [-0.1, -0.05) is 19.1 Å². The molecule has 2 fully saturated rings. The Bertz CT molecular complexity index is 822. The third kappa shape index (κ3) is 4.25. The molecule has 0 aliphatic carbocycles. The van der Waals surface area contributed by atoms with Crippen molar-refractivity contribution in [1.29, 1.82) is 0 Å². The van der Waals surface area contributed by atoms with Crippen molar-refractivity contribution in [2.24, 2.45) is 5.92 Å². The lowest BCUT2D eigenvalue weighted by Crippen LogP contribution is -2.37. The number of aromatic nitrogens is 2. The summed E-state index contributed by atoms with van der Waals surface area (Å²) in [6.45, 7) is 7.15. The zero-order chi connectivity index (χ0) is 19.3. The van der Waals surface area contributed by atoms with Gasteiger partial charge in [-0.15, -0.1) is 0 Å². The molecule has 4 rings (SSSR count). The molecule has 0 saturated carbocycles. The number of amides is 1. The Morgan fingerprint density at radius 1 is 1.14 bits per heavy atom. The lowest BCUT2D eigenvalue weighted by molar-refractivity contribution is 0.102. The summed E-state index contributed by atoms with van der Waals surface area (Å²) in [5.74, 6) is 1.05. The quantitative estimate of drug-likeness (QED) is 0.878. The number of morpholine rings is 1. The predicted molar refractivity (Wildman–Crippen MR) is 110 cm³/mol. The third-order valence-corrected chi connectivity index (χ3v) is 5.32. The highest BCUT2D eigenvalue weighted by atomic mass is 16.5. The molecular weight excluding hydrogens is 354 g/mol. The van der Waals surface area contributed by atoms with E-state index >= 15 is 0 Å². The zero-order valence-electron chi connectivity index (χ0n) is 16.3. The molecule has 1 unspecified atom stereocenters. The van der Waals surface area contributed by atoms with Gasteiger partial charge in [0, 0.05) is 32.4 Å². The SMILES string of the molecule is CC1CCCN(c2nccc(C(=O)Nc3ccccc3N3CCOCC3)n2)C1. The van der Waals surface area contributed by atoms with Gasteiger partial charge in [0.1, 0.15) is 5.69 Å². The number of ether oxygens (including phenoxy) is 1. The fraction of sp³-hybridized carbons (Fsp3) is 0.476. The summed E-state index contributed by atoms with van der Waals surface area (Å²) in [5, 5.41) is 3.03. The maximum Gasteiger partial charge on any atom is 0.274 e. The largest absolute Gasteiger partial charge is 0.378 e. The highest BCUT2D eigenvalue weighted by Crippen LogP contribution is 2.27. The third-order valence-electron chi connectivity index (χ3n) is 5.32. The summed E-state index contributed by atoms with van der Waals surface area (Å²) in [6.07, 6.45) is 4.03. The minimum absolute atomic E-state index is 0.214. The van der Waals surface area contributed by atoms with Crippen LogP contribution < -0.4 is 15.1 Å². The van der Waals surface area contributed by atoms with Crippen LogP contribution in [0.1, 0.15) is 30.3 Å². The van der Waals surface area contributed by atoms with Crippen LogP contribution >= 0.6 is 0 Å². The normalized spacial score (nSPS) is 20.1. The number of nitrogens with zero attached hydrogens (tertiary/aromatic N) is 4. The first-order chi connectivity index (χ1) is 13.7. The molecule has 2 aliphatic rings. The molecule has 7 nitrogen and oxygen atoms in total. The lowest BCUT2D eigenvalue weighted by atomic mass is 10.0. The molecule has 1 atom stereocenters. The molecule has 0 spiro atoms. The van der Waals surface area contributed by atoms with Gasteiger partial charge in [0.15, 0.2) is 0 Å². The predicted octanol–water partition coefficient (Wildman–Crippen LogP) is 2.80. The number of anilines is 3. The number of nitrogens with one attached hydrogen (secondary N) is 1. The Kier molecular flexibility index (Phi) is 5.71. The first-order valence-corrected chi connectivity index (χ1v) is 10.0. The summed E-state index contributed by atoms with van der Waals surface area (Å²) in [4.78, 5) is 26.2. The number of para-hydroxylation sites is 2. The van der Waals surface area contributed by atoms with Crippen LogP contribution in [-0.2, 0) is 4.74 Å². The molecule has 148 valence electrons. The smallest absolute Gasteiger partial charge is 0.274 e. The topological polar surface area (TPSA) is 70.6 Å². The van der Waals surface area contributed by atoms with Gasteiger partial charge in [0.2, 0.25) is 5.95 Å². The van der Waals surface area contributed by atoms with E-state index in [1.54, 1.807) is 12.3 Å². The maximum atomic E-state index is 12.9. The van der Waals surface area contributed by atoms with E-state index in [0.717, 1.165) is 44.0 Å². The Labute approximate surface area is 165 Å². The molecule has 0 radical (unpaired) electrons. The molecular formula is C21H27N5O2. The summed E-state index contributed by atoms with van der Waals surface area (Å²) < 4.78 is 5.44. The van der Waals surface area contributed by atoms with Gasteiger partial charge < -0.3 is 19.9 Å². The summed E-state index contributed by atoms with van der Waals surface area (Å²) >= 11 is 0. The molecule has 28 heavy (non-hydrogen) atoms. The summed E-state index contributed by atoms with van der Waals surface area (Å²) in [5.41, 5.74) is 2.19. The molecule has 1 N–H and O–H groups in total. The number of hydrogen-bond donors (Lipinski definition) is 1. The highest BCUT2D eigenvalue weighted by molar-refractivity contribution is 6.04. The first-order valence-electron chi connectivity index (χ1n) is 10.0. The molecule has 2 saturated heterocycles. The van der Waals surface area contributed by atoms with Crippen molar-refractivity contribution >= 4 is 23.2 Å². The van der Waals surface area contributed by atoms with E-state index < -0.39 is 0 Å². The molecule has 2 aliphatic heterocycles. The number of benzene rings is 1. The second kappa shape index (κ2) is 8.56. The van der Waals surface area contributed by atoms with Gasteiger partial charge in [-0.3, -0.25) is 4.79 Å². The number of piperidine rings is 1. The summed E-state index contributed by atoms with van der Waals surface area (Å²) in [7, 11) is 0. The summed E-state index contributed by atoms with van der Waals surface area (Å²) in [6, 6.07) is 9.54. The molecule has 3 heterocycles. The van der Waals surface area contributed by atoms with Gasteiger partial charge in [-0.25, -0.2) is 9.97 Å². The molecule has 0 bridgehead atoms. The van der Waals surface area contributed by atoms with Gasteiger partial charge in [0.05, 0.1) is 24.6 Å². The fourth-order valence-corrected chi connectivity index (χ4v) is 3.84. The Morgan fingerprint density at radius 2 is 1.96 bits per heavy atom. The van der Waals surface area contributed by atoms with Crippen LogP contribution in [0, 0.1) is 5.92 Å². The number of carbonyl (C=O) groups excluding carboxylic acids is 1. The van der Waals surface area contributed by atoms with Crippen molar-refractivity contribution in [3.8, 4) is 0 Å². The van der Waals surface area contributed by atoms with Gasteiger partial charge in [-0.2, -0.15) is 0 Å². The number of rotatable bonds is 4. The average Bonchev–Trinajstić information content (AvgIpc) is 2.75. The fourth-order valence-electron chi connectivity index (χ4n) is 3.84. The molecule has 2 aromatic rings. The van der Waals surface area contributed by atoms with E-state index in [9.17, 15) is 4.79 Å². The maximum absolute atomic E-state index is 12.9. The van der Waals surface area contributed by atoms with Crippen molar-refractivity contribution in [1.82, 2.24) is 9.97 Å². The number of hydrogen-bond acceptors (Lipinski definition) is 6. The Morgan fingerprint density at radius 3 is 2.79 bits per heavy atom. The Balaban J connectivity index is 1.51. The van der Waals surface area contributed by atoms with Crippen LogP contribution in [-0.4, -0.2) is 55.3 Å². The minimum atomic E-state index is -0.214. The van der Waals surface area contributed by atoms with Gasteiger partial charge >= 0.3 is 0 Å². The van der Waals surface area contributed by atoms with Crippen molar-refractivity contribution in [3.05, 3.63) is 42.2 Å². The average molecular weight is 381 g/mol. The second-order valence-corrected chi connectivity index (χ2v) is 7.51. The van der Waals surface area contributed by atoms with Crippen LogP contribution in [0.5, 0.6) is 0 Å². The minimum Gasteiger partial charge on any atom is -0.378 e. The van der Waals surface area contributed by atoms with E-state index in [1.165, 1.54) is 6.42 Å². The van der Waals surface area contributed by atoms with Crippen LogP contribution in [0.3, 0.4) is 0 Å². The van der Waals surface area contributed by atoms with E-state index in [2.05, 4.69) is 32.0 Å². The molecule has 7 heteroatoms. The van der Waals surface area contributed by atoms with E-state index in [0.29, 0.717) is 30.8 Å². The number of carbonyl (C=O) groups is 1. The molecule has 1 aromatic heterocycles. The Hall–Kier alpha value is -2.67. The van der Waals surface area contributed by atoms with Gasteiger partial charge in [-0.05, 0) is 37.0 Å². The first kappa shape index (κ1) is 18.7. The molecule has 1 amide bonds. The van der Waals surface area contributed by atoms with Crippen molar-refractivity contribution in [2.75, 3.05) is 54.5 Å². The van der Waals surface area contributed by atoms with Crippen molar-refractivity contribution < 1.29 is 9.53 Å². The van der Waals surface area contributed by atoms with Gasteiger partial charge in [0.25, 0.3) is 5.91 Å².